The molecule has 0 aliphatic heterocycles. The lowest BCUT2D eigenvalue weighted by Gasteiger charge is -2.11. The van der Waals surface area contributed by atoms with Crippen molar-refractivity contribution in [2.24, 2.45) is 0 Å². The number of benzene rings is 3. The number of thiocarbonyl (C=S) groups is 1. The molecule has 2 nitrogen and oxygen atoms in total. The van der Waals surface area contributed by atoms with Gasteiger partial charge in [0, 0.05) is 27.7 Å². The quantitative estimate of drug-likeness (QED) is 0.427. The Balaban J connectivity index is 1.55. The maximum atomic E-state index is 6.17. The van der Waals surface area contributed by atoms with Crippen LogP contribution in [0.5, 0.6) is 5.75 Å². The highest BCUT2D eigenvalue weighted by Crippen LogP contribution is 2.26. The van der Waals surface area contributed by atoms with Gasteiger partial charge in [0.15, 0.2) is 0 Å². The average Bonchev–Trinajstić information content (AvgIpc) is 2.72. The molecule has 144 valence electrons. The third-order valence-electron chi connectivity index (χ3n) is 4.45. The van der Waals surface area contributed by atoms with Crippen molar-refractivity contribution in [3.8, 4) is 5.75 Å². The third kappa shape index (κ3) is 5.48. The van der Waals surface area contributed by atoms with Gasteiger partial charge in [0.25, 0.3) is 0 Å². The van der Waals surface area contributed by atoms with E-state index in [9.17, 15) is 0 Å². The van der Waals surface area contributed by atoms with E-state index in [1.54, 1.807) is 12.1 Å². The monoisotopic (exact) mass is 429 g/mol. The van der Waals surface area contributed by atoms with E-state index in [1.165, 1.54) is 11.1 Å². The molecule has 0 bridgehead atoms. The Kier molecular flexibility index (Phi) is 7.32. The molecule has 28 heavy (non-hydrogen) atoms. The summed E-state index contributed by atoms with van der Waals surface area (Å²) in [7, 11) is 0. The highest BCUT2D eigenvalue weighted by Gasteiger charge is 2.07. The minimum Gasteiger partial charge on any atom is -0.489 e. The molecule has 0 aliphatic carbocycles. The maximum absolute atomic E-state index is 6.17. The third-order valence-corrected chi connectivity index (χ3v) is 5.53. The summed E-state index contributed by atoms with van der Waals surface area (Å²) in [4.78, 5) is 0.709. The molecule has 3 aromatic rings. The summed E-state index contributed by atoms with van der Waals surface area (Å²) in [5.41, 5.74) is 4.26. The second-order valence-electron chi connectivity index (χ2n) is 6.37. The predicted octanol–water partition coefficient (Wildman–Crippen LogP) is 6.60. The van der Waals surface area contributed by atoms with Crippen molar-refractivity contribution in [3.05, 3.63) is 99.0 Å². The second-order valence-corrected chi connectivity index (χ2v) is 7.59. The van der Waals surface area contributed by atoms with Crippen molar-refractivity contribution >= 4 is 40.4 Å². The molecule has 0 fully saturated rings. The zero-order valence-corrected chi connectivity index (χ0v) is 17.9. The molecule has 0 atom stereocenters. The second kappa shape index (κ2) is 9.92. The first kappa shape index (κ1) is 20.7. The van der Waals surface area contributed by atoms with E-state index in [0.717, 1.165) is 23.3 Å². The van der Waals surface area contributed by atoms with Crippen LogP contribution in [-0.4, -0.2) is 4.99 Å². The van der Waals surface area contributed by atoms with Gasteiger partial charge in [-0.1, -0.05) is 72.7 Å². The molecule has 0 unspecified atom stereocenters. The van der Waals surface area contributed by atoms with Crippen LogP contribution in [0.25, 0.3) is 0 Å². The molecule has 0 heterocycles. The number of hydrogen-bond donors (Lipinski definition) is 1. The Labute approximate surface area is 181 Å². The summed E-state index contributed by atoms with van der Waals surface area (Å²) in [6.45, 7) is 3.17. The number of hydrogen-bond acceptors (Lipinski definition) is 2. The molecule has 0 aliphatic rings. The zero-order chi connectivity index (χ0) is 19.9. The first-order valence-corrected chi connectivity index (χ1v) is 10.2. The topological polar surface area (TPSA) is 21.3 Å². The van der Waals surface area contributed by atoms with Crippen LogP contribution >= 0.6 is 35.4 Å². The Hall–Kier alpha value is -2.07. The fraction of sp³-hybridized carbons (Fsp3) is 0.174. The zero-order valence-electron chi connectivity index (χ0n) is 15.5. The van der Waals surface area contributed by atoms with E-state index >= 15 is 0 Å². The Morgan fingerprint density at radius 2 is 1.50 bits per heavy atom. The van der Waals surface area contributed by atoms with Crippen LogP contribution in [0.3, 0.4) is 0 Å². The van der Waals surface area contributed by atoms with Crippen LogP contribution in [0.1, 0.15) is 29.2 Å². The fourth-order valence-electron chi connectivity index (χ4n) is 2.71. The molecule has 0 amide bonds. The predicted molar refractivity (Wildman–Crippen MR) is 122 cm³/mol. The van der Waals surface area contributed by atoms with Crippen molar-refractivity contribution in [2.45, 2.75) is 26.5 Å². The van der Waals surface area contributed by atoms with E-state index in [-0.39, 0.29) is 0 Å². The minimum atomic E-state index is 0.314. The van der Waals surface area contributed by atoms with Gasteiger partial charge >= 0.3 is 0 Å². The number of nitrogens with one attached hydrogen (secondary N) is 1. The lowest BCUT2D eigenvalue weighted by atomic mass is 10.1. The molecule has 5 heteroatoms. The van der Waals surface area contributed by atoms with Gasteiger partial charge < -0.3 is 10.1 Å². The molecule has 3 rings (SSSR count). The Morgan fingerprint density at radius 3 is 2.11 bits per heavy atom. The number of aryl methyl sites for hydroxylation is 1. The van der Waals surface area contributed by atoms with Gasteiger partial charge in [-0.15, -0.1) is 0 Å². The Bertz CT molecular complexity index is 920. The molecular weight excluding hydrogens is 409 g/mol. The van der Waals surface area contributed by atoms with E-state index in [1.807, 2.05) is 30.3 Å². The lowest BCUT2D eigenvalue weighted by molar-refractivity contribution is 0.306. The standard InChI is InChI=1S/C23H21Cl2NOS/c1-2-16-6-8-17(9-7-16)14-26-23(28)18-10-12-19(13-11-18)27-15-20-21(24)4-3-5-22(20)25/h3-13H,2,14-15H2,1H3,(H,26,28). The van der Waals surface area contributed by atoms with Crippen LogP contribution in [0.4, 0.5) is 0 Å². The summed E-state index contributed by atoms with van der Waals surface area (Å²) >= 11 is 17.8. The van der Waals surface area contributed by atoms with Crippen molar-refractivity contribution in [1.82, 2.24) is 5.32 Å². The summed E-state index contributed by atoms with van der Waals surface area (Å²) in [5, 5.41) is 4.50. The fourth-order valence-corrected chi connectivity index (χ4v) is 3.42. The maximum Gasteiger partial charge on any atom is 0.119 e. The van der Waals surface area contributed by atoms with Gasteiger partial charge in [0.2, 0.25) is 0 Å². The highest BCUT2D eigenvalue weighted by molar-refractivity contribution is 7.80. The van der Waals surface area contributed by atoms with Gasteiger partial charge in [-0.3, -0.25) is 0 Å². The van der Waals surface area contributed by atoms with Gasteiger partial charge in [0.05, 0.1) is 0 Å². The van der Waals surface area contributed by atoms with Crippen molar-refractivity contribution in [2.75, 3.05) is 0 Å². The average molecular weight is 430 g/mol. The smallest absolute Gasteiger partial charge is 0.119 e. The largest absolute Gasteiger partial charge is 0.489 e. The molecule has 0 saturated heterocycles. The van der Waals surface area contributed by atoms with Gasteiger partial charge in [-0.05, 0) is 53.9 Å². The highest BCUT2D eigenvalue weighted by atomic mass is 35.5. The van der Waals surface area contributed by atoms with Crippen molar-refractivity contribution in [1.29, 1.82) is 0 Å². The van der Waals surface area contributed by atoms with Gasteiger partial charge in [0.1, 0.15) is 17.3 Å². The SMILES string of the molecule is CCc1ccc(CNC(=S)c2ccc(OCc3c(Cl)cccc3Cl)cc2)cc1. The van der Waals surface area contributed by atoms with Crippen molar-refractivity contribution < 1.29 is 4.74 Å². The molecular formula is C23H21Cl2NOS. The van der Waals surface area contributed by atoms with Gasteiger partial charge in [-0.2, -0.15) is 0 Å². The molecule has 3 aromatic carbocycles. The first-order chi connectivity index (χ1) is 13.6. The minimum absolute atomic E-state index is 0.314. The van der Waals surface area contributed by atoms with Crippen LogP contribution in [-0.2, 0) is 19.6 Å². The summed E-state index contributed by atoms with van der Waals surface area (Å²) in [6, 6.07) is 21.6. The summed E-state index contributed by atoms with van der Waals surface area (Å²) in [5.74, 6) is 0.734. The van der Waals surface area contributed by atoms with Crippen LogP contribution in [0.15, 0.2) is 66.7 Å². The van der Waals surface area contributed by atoms with E-state index < -0.39 is 0 Å². The van der Waals surface area contributed by atoms with Crippen LogP contribution in [0, 0.1) is 0 Å². The molecule has 0 radical (unpaired) electrons. The lowest BCUT2D eigenvalue weighted by Crippen LogP contribution is -2.21. The number of halogens is 2. The van der Waals surface area contributed by atoms with Gasteiger partial charge in [-0.25, -0.2) is 0 Å². The van der Waals surface area contributed by atoms with Crippen LogP contribution < -0.4 is 10.1 Å². The normalized spacial score (nSPS) is 10.5. The summed E-state index contributed by atoms with van der Waals surface area (Å²) < 4.78 is 5.81. The van der Waals surface area contributed by atoms with Crippen LogP contribution in [0.2, 0.25) is 10.0 Å². The molecule has 1 N–H and O–H groups in total. The molecule has 0 saturated carbocycles. The molecule has 0 aromatic heterocycles. The van der Waals surface area contributed by atoms with E-state index in [0.29, 0.717) is 28.2 Å². The summed E-state index contributed by atoms with van der Waals surface area (Å²) in [6.07, 6.45) is 1.04. The van der Waals surface area contributed by atoms with E-state index in [2.05, 4.69) is 36.5 Å². The van der Waals surface area contributed by atoms with Crippen molar-refractivity contribution in [3.63, 3.8) is 0 Å². The number of rotatable bonds is 7. The number of ether oxygens (including phenoxy) is 1. The first-order valence-electron chi connectivity index (χ1n) is 9.08. The Morgan fingerprint density at radius 1 is 0.893 bits per heavy atom. The molecule has 0 spiro atoms. The van der Waals surface area contributed by atoms with E-state index in [4.69, 9.17) is 40.2 Å².